The number of hydrogen-bond acceptors (Lipinski definition) is 2. The third-order valence-corrected chi connectivity index (χ3v) is 4.55. The Hall–Kier alpha value is -2.82. The molecule has 0 aromatic heterocycles. The molecule has 150 valence electrons. The molecule has 0 aliphatic rings. The maximum absolute atomic E-state index is 12.2. The maximum Gasteiger partial charge on any atom is 0.251 e. The summed E-state index contributed by atoms with van der Waals surface area (Å²) in [6.45, 7) is 10.3. The van der Waals surface area contributed by atoms with Gasteiger partial charge in [-0.3, -0.25) is 4.79 Å². The predicted octanol–water partition coefficient (Wildman–Crippen LogP) is 3.78. The van der Waals surface area contributed by atoms with E-state index < -0.39 is 0 Å². The van der Waals surface area contributed by atoms with E-state index in [9.17, 15) is 4.79 Å². The summed E-state index contributed by atoms with van der Waals surface area (Å²) in [5.41, 5.74) is 4.21. The Labute approximate surface area is 168 Å². The number of rotatable bonds is 8. The number of hydrogen-bond donors (Lipinski definition) is 3. The van der Waals surface area contributed by atoms with E-state index in [1.807, 2.05) is 38.1 Å². The molecule has 0 aliphatic carbocycles. The molecule has 1 atom stereocenters. The van der Waals surface area contributed by atoms with Crippen molar-refractivity contribution in [3.05, 3.63) is 70.8 Å². The largest absolute Gasteiger partial charge is 0.357 e. The van der Waals surface area contributed by atoms with Crippen molar-refractivity contribution in [1.82, 2.24) is 16.0 Å². The average Bonchev–Trinajstić information content (AvgIpc) is 2.71. The quantitative estimate of drug-likeness (QED) is 0.482. The fraction of sp³-hybridized carbons (Fsp3) is 0.391. The molecule has 0 bridgehead atoms. The van der Waals surface area contributed by atoms with Gasteiger partial charge in [0.05, 0.1) is 6.54 Å². The first-order valence-corrected chi connectivity index (χ1v) is 9.99. The summed E-state index contributed by atoms with van der Waals surface area (Å²) in [7, 11) is 0. The first-order valence-electron chi connectivity index (χ1n) is 9.99. The summed E-state index contributed by atoms with van der Waals surface area (Å²) in [5.74, 6) is 0.749. The Bertz CT molecular complexity index is 766. The fourth-order valence-electron chi connectivity index (χ4n) is 2.57. The zero-order valence-corrected chi connectivity index (χ0v) is 17.4. The van der Waals surface area contributed by atoms with E-state index in [-0.39, 0.29) is 11.9 Å². The molecule has 0 heterocycles. The van der Waals surface area contributed by atoms with E-state index in [1.54, 1.807) is 0 Å². The van der Waals surface area contributed by atoms with Crippen molar-refractivity contribution in [2.75, 3.05) is 6.54 Å². The first-order chi connectivity index (χ1) is 13.5. The highest BCUT2D eigenvalue weighted by Crippen LogP contribution is 2.07. The number of nitrogens with one attached hydrogen (secondary N) is 3. The molecular formula is C23H32N4O. The van der Waals surface area contributed by atoms with Crippen molar-refractivity contribution in [1.29, 1.82) is 0 Å². The van der Waals surface area contributed by atoms with Crippen LogP contribution in [-0.4, -0.2) is 24.5 Å². The molecule has 0 saturated carbocycles. The molecule has 3 N–H and O–H groups in total. The van der Waals surface area contributed by atoms with E-state index >= 15 is 0 Å². The molecule has 0 spiro atoms. The van der Waals surface area contributed by atoms with Gasteiger partial charge in [0.25, 0.3) is 5.91 Å². The number of nitrogens with zero attached hydrogens (tertiary/aromatic N) is 1. The SMILES string of the molecule is CCNC(=NCc1ccc(C(=O)NC(C)CC)cc1)NCc1ccc(C)cc1. The molecule has 28 heavy (non-hydrogen) atoms. The summed E-state index contributed by atoms with van der Waals surface area (Å²) in [4.78, 5) is 16.8. The normalized spacial score (nSPS) is 12.4. The van der Waals surface area contributed by atoms with Gasteiger partial charge in [-0.25, -0.2) is 4.99 Å². The molecule has 1 amide bonds. The van der Waals surface area contributed by atoms with E-state index in [1.165, 1.54) is 11.1 Å². The highest BCUT2D eigenvalue weighted by Gasteiger charge is 2.08. The molecule has 2 aromatic rings. The lowest BCUT2D eigenvalue weighted by Gasteiger charge is -2.12. The summed E-state index contributed by atoms with van der Waals surface area (Å²) in [5, 5.41) is 9.61. The Morgan fingerprint density at radius 3 is 2.21 bits per heavy atom. The Morgan fingerprint density at radius 1 is 0.964 bits per heavy atom. The monoisotopic (exact) mass is 380 g/mol. The second-order valence-electron chi connectivity index (χ2n) is 7.01. The van der Waals surface area contributed by atoms with Crippen LogP contribution < -0.4 is 16.0 Å². The first kappa shape index (κ1) is 21.5. The molecule has 2 rings (SSSR count). The van der Waals surface area contributed by atoms with Crippen LogP contribution in [0.4, 0.5) is 0 Å². The summed E-state index contributed by atoms with van der Waals surface area (Å²) in [6, 6.07) is 16.3. The zero-order chi connectivity index (χ0) is 20.4. The number of carbonyl (C=O) groups excluding carboxylic acids is 1. The van der Waals surface area contributed by atoms with Gasteiger partial charge in [0.15, 0.2) is 5.96 Å². The number of amides is 1. The van der Waals surface area contributed by atoms with Gasteiger partial charge in [-0.05, 0) is 50.5 Å². The van der Waals surface area contributed by atoms with E-state index in [0.717, 1.165) is 31.0 Å². The fourth-order valence-corrected chi connectivity index (χ4v) is 2.57. The van der Waals surface area contributed by atoms with Crippen molar-refractivity contribution in [2.24, 2.45) is 4.99 Å². The molecule has 0 aliphatic heterocycles. The maximum atomic E-state index is 12.2. The lowest BCUT2D eigenvalue weighted by Crippen LogP contribution is -2.36. The van der Waals surface area contributed by atoms with Crippen LogP contribution in [0.2, 0.25) is 0 Å². The van der Waals surface area contributed by atoms with Crippen LogP contribution in [0.1, 0.15) is 54.2 Å². The standard InChI is InChI=1S/C23H32N4O/c1-5-18(4)27-22(28)21-13-11-20(12-14-21)16-26-23(24-6-2)25-15-19-9-7-17(3)8-10-19/h7-14,18H,5-6,15-16H2,1-4H3,(H,27,28)(H2,24,25,26). The van der Waals surface area contributed by atoms with Crippen molar-refractivity contribution in [3.8, 4) is 0 Å². The number of aryl methyl sites for hydroxylation is 1. The Morgan fingerprint density at radius 2 is 1.61 bits per heavy atom. The number of carbonyl (C=O) groups is 1. The minimum atomic E-state index is -0.0301. The predicted molar refractivity (Wildman–Crippen MR) is 116 cm³/mol. The summed E-state index contributed by atoms with van der Waals surface area (Å²) >= 11 is 0. The lowest BCUT2D eigenvalue weighted by molar-refractivity contribution is 0.0939. The molecule has 1 unspecified atom stereocenters. The van der Waals surface area contributed by atoms with E-state index in [2.05, 4.69) is 59.1 Å². The van der Waals surface area contributed by atoms with Crippen molar-refractivity contribution in [2.45, 2.75) is 53.2 Å². The number of benzene rings is 2. The van der Waals surface area contributed by atoms with E-state index in [4.69, 9.17) is 0 Å². The molecule has 2 aromatic carbocycles. The molecule has 0 saturated heterocycles. The molecule has 5 heteroatoms. The van der Waals surface area contributed by atoms with Crippen LogP contribution in [0.3, 0.4) is 0 Å². The Kier molecular flexibility index (Phi) is 8.53. The summed E-state index contributed by atoms with van der Waals surface area (Å²) in [6.07, 6.45) is 0.918. The van der Waals surface area contributed by atoms with Crippen LogP contribution in [-0.2, 0) is 13.1 Å². The van der Waals surface area contributed by atoms with Crippen molar-refractivity contribution in [3.63, 3.8) is 0 Å². The second kappa shape index (κ2) is 11.1. The van der Waals surface area contributed by atoms with Gasteiger partial charge in [-0.2, -0.15) is 0 Å². The Balaban J connectivity index is 1.94. The topological polar surface area (TPSA) is 65.5 Å². The minimum Gasteiger partial charge on any atom is -0.357 e. The third kappa shape index (κ3) is 7.06. The zero-order valence-electron chi connectivity index (χ0n) is 17.4. The smallest absolute Gasteiger partial charge is 0.251 e. The molecule has 5 nitrogen and oxygen atoms in total. The number of aliphatic imine (C=N–C) groups is 1. The summed E-state index contributed by atoms with van der Waals surface area (Å²) < 4.78 is 0. The van der Waals surface area contributed by atoms with Crippen LogP contribution in [0.15, 0.2) is 53.5 Å². The minimum absolute atomic E-state index is 0.0301. The third-order valence-electron chi connectivity index (χ3n) is 4.55. The van der Waals surface area contributed by atoms with Crippen LogP contribution >= 0.6 is 0 Å². The van der Waals surface area contributed by atoms with Gasteiger partial charge in [0.1, 0.15) is 0 Å². The van der Waals surface area contributed by atoms with Crippen molar-refractivity contribution >= 4 is 11.9 Å². The molecular weight excluding hydrogens is 348 g/mol. The van der Waals surface area contributed by atoms with Crippen molar-refractivity contribution < 1.29 is 4.79 Å². The molecule has 0 fully saturated rings. The highest BCUT2D eigenvalue weighted by atomic mass is 16.1. The van der Waals surface area contributed by atoms with Gasteiger partial charge in [-0.1, -0.05) is 48.9 Å². The highest BCUT2D eigenvalue weighted by molar-refractivity contribution is 5.94. The van der Waals surface area contributed by atoms with Crippen LogP contribution in [0, 0.1) is 6.92 Å². The van der Waals surface area contributed by atoms with Gasteiger partial charge < -0.3 is 16.0 Å². The van der Waals surface area contributed by atoms with E-state index in [0.29, 0.717) is 12.1 Å². The lowest BCUT2D eigenvalue weighted by atomic mass is 10.1. The van der Waals surface area contributed by atoms with Crippen LogP contribution in [0.25, 0.3) is 0 Å². The van der Waals surface area contributed by atoms with Gasteiger partial charge in [0.2, 0.25) is 0 Å². The van der Waals surface area contributed by atoms with Crippen LogP contribution in [0.5, 0.6) is 0 Å². The average molecular weight is 381 g/mol. The van der Waals surface area contributed by atoms with Gasteiger partial charge in [0, 0.05) is 24.7 Å². The number of guanidine groups is 1. The van der Waals surface area contributed by atoms with Gasteiger partial charge >= 0.3 is 0 Å². The second-order valence-corrected chi connectivity index (χ2v) is 7.01. The molecule has 0 radical (unpaired) electrons. The van der Waals surface area contributed by atoms with Gasteiger partial charge in [-0.15, -0.1) is 0 Å².